The van der Waals surface area contributed by atoms with Gasteiger partial charge in [0.15, 0.2) is 11.6 Å². The van der Waals surface area contributed by atoms with Crippen molar-refractivity contribution in [2.75, 3.05) is 24.5 Å². The van der Waals surface area contributed by atoms with Crippen LogP contribution in [0.25, 0.3) is 0 Å². The van der Waals surface area contributed by atoms with Gasteiger partial charge in [-0.2, -0.15) is 0 Å². The van der Waals surface area contributed by atoms with Crippen LogP contribution in [0.1, 0.15) is 10.6 Å². The molecule has 0 radical (unpaired) electrons. The van der Waals surface area contributed by atoms with Gasteiger partial charge in [0, 0.05) is 13.1 Å². The predicted molar refractivity (Wildman–Crippen MR) is 69.0 cm³/mol. The molecule has 0 saturated carbocycles. The molecular formula is C13H11FN4O3. The Hall–Kier alpha value is -2.77. The van der Waals surface area contributed by atoms with Gasteiger partial charge in [0.2, 0.25) is 11.9 Å². The highest BCUT2D eigenvalue weighted by atomic mass is 19.1. The molecule has 2 amide bonds. The molecule has 8 heteroatoms. The van der Waals surface area contributed by atoms with Crippen LogP contribution in [0.15, 0.2) is 35.2 Å². The number of carbonyl (C=O) groups is 2. The second-order valence-electron chi connectivity index (χ2n) is 4.45. The normalized spacial score (nSPS) is 15.4. The van der Waals surface area contributed by atoms with Crippen LogP contribution in [0.2, 0.25) is 0 Å². The molecule has 0 spiro atoms. The molecule has 0 N–H and O–H groups in total. The van der Waals surface area contributed by atoms with Crippen LogP contribution in [0.5, 0.6) is 0 Å². The monoisotopic (exact) mass is 290 g/mol. The van der Waals surface area contributed by atoms with E-state index in [9.17, 15) is 14.0 Å². The molecule has 3 heterocycles. The molecule has 108 valence electrons. The zero-order chi connectivity index (χ0) is 14.8. The Kier molecular flexibility index (Phi) is 3.35. The van der Waals surface area contributed by atoms with Gasteiger partial charge in [-0.1, -0.05) is 0 Å². The molecule has 3 rings (SSSR count). The van der Waals surface area contributed by atoms with Gasteiger partial charge < -0.3 is 9.32 Å². The van der Waals surface area contributed by atoms with Gasteiger partial charge in [0.1, 0.15) is 6.54 Å². The highest BCUT2D eigenvalue weighted by Gasteiger charge is 2.30. The summed E-state index contributed by atoms with van der Waals surface area (Å²) in [5.74, 6) is -0.917. The van der Waals surface area contributed by atoms with E-state index in [0.29, 0.717) is 6.54 Å². The lowest BCUT2D eigenvalue weighted by atomic mass is 10.3. The minimum Gasteiger partial charge on any atom is -0.459 e. The fourth-order valence-corrected chi connectivity index (χ4v) is 2.06. The first-order valence-corrected chi connectivity index (χ1v) is 6.26. The summed E-state index contributed by atoms with van der Waals surface area (Å²) in [4.78, 5) is 34.4. The average Bonchev–Trinajstić information content (AvgIpc) is 3.02. The Morgan fingerprint density at radius 1 is 1.29 bits per heavy atom. The fraction of sp³-hybridized carbons (Fsp3) is 0.231. The maximum atomic E-state index is 12.8. The van der Waals surface area contributed by atoms with E-state index in [1.54, 1.807) is 12.1 Å². The highest BCUT2D eigenvalue weighted by Crippen LogP contribution is 2.14. The summed E-state index contributed by atoms with van der Waals surface area (Å²) >= 11 is 0. The lowest BCUT2D eigenvalue weighted by molar-refractivity contribution is -0.120. The Morgan fingerprint density at radius 3 is 2.67 bits per heavy atom. The topological polar surface area (TPSA) is 79.5 Å². The Bertz CT molecular complexity index is 657. The summed E-state index contributed by atoms with van der Waals surface area (Å²) in [6.45, 7) is 0.475. The van der Waals surface area contributed by atoms with Crippen molar-refractivity contribution in [3.8, 4) is 0 Å². The lowest BCUT2D eigenvalue weighted by Gasteiger charge is -2.32. The number of piperazine rings is 1. The number of carbonyl (C=O) groups excluding carboxylic acids is 2. The zero-order valence-corrected chi connectivity index (χ0v) is 10.9. The van der Waals surface area contributed by atoms with Crippen LogP contribution < -0.4 is 4.90 Å². The quantitative estimate of drug-likeness (QED) is 0.813. The summed E-state index contributed by atoms with van der Waals surface area (Å²) in [6, 6.07) is 3.15. The summed E-state index contributed by atoms with van der Waals surface area (Å²) in [6.07, 6.45) is 3.39. The number of halogens is 1. The smallest absolute Gasteiger partial charge is 0.290 e. The lowest BCUT2D eigenvalue weighted by Crippen LogP contribution is -2.52. The summed E-state index contributed by atoms with van der Waals surface area (Å²) < 4.78 is 17.8. The summed E-state index contributed by atoms with van der Waals surface area (Å²) in [5.41, 5.74) is 0. The molecule has 0 aromatic carbocycles. The predicted octanol–water partition coefficient (Wildman–Crippen LogP) is 0.698. The van der Waals surface area contributed by atoms with Crippen molar-refractivity contribution in [1.29, 1.82) is 0 Å². The number of rotatable bonds is 2. The number of amides is 2. The van der Waals surface area contributed by atoms with Gasteiger partial charge in [-0.05, 0) is 12.1 Å². The maximum absolute atomic E-state index is 12.8. The molecule has 7 nitrogen and oxygen atoms in total. The Morgan fingerprint density at radius 2 is 2.05 bits per heavy atom. The first-order chi connectivity index (χ1) is 10.1. The van der Waals surface area contributed by atoms with E-state index in [1.807, 2.05) is 0 Å². The van der Waals surface area contributed by atoms with E-state index >= 15 is 0 Å². The van der Waals surface area contributed by atoms with Crippen LogP contribution in [0.3, 0.4) is 0 Å². The number of nitrogens with zero attached hydrogens (tertiary/aromatic N) is 4. The highest BCUT2D eigenvalue weighted by molar-refractivity contribution is 5.99. The first-order valence-electron chi connectivity index (χ1n) is 6.26. The number of hydrogen-bond donors (Lipinski definition) is 0. The molecule has 21 heavy (non-hydrogen) atoms. The summed E-state index contributed by atoms with van der Waals surface area (Å²) in [7, 11) is 0. The number of hydrogen-bond acceptors (Lipinski definition) is 5. The van der Waals surface area contributed by atoms with E-state index in [0.717, 1.165) is 12.4 Å². The summed E-state index contributed by atoms with van der Waals surface area (Å²) in [5, 5.41) is 0. The Balaban J connectivity index is 1.71. The third-order valence-electron chi connectivity index (χ3n) is 3.09. The van der Waals surface area contributed by atoms with E-state index in [2.05, 4.69) is 9.97 Å². The van der Waals surface area contributed by atoms with Crippen molar-refractivity contribution in [2.45, 2.75) is 0 Å². The van der Waals surface area contributed by atoms with Gasteiger partial charge in [-0.25, -0.2) is 14.4 Å². The standard InChI is InChI=1S/C13H11FN4O3/c14-9-6-15-13(16-7-9)18-4-3-17(8-11(18)19)12(20)10-2-1-5-21-10/h1-2,5-7H,3-4,8H2. The van der Waals surface area contributed by atoms with Crippen molar-refractivity contribution in [3.63, 3.8) is 0 Å². The number of anilines is 1. The van der Waals surface area contributed by atoms with Gasteiger partial charge >= 0.3 is 0 Å². The molecule has 0 unspecified atom stereocenters. The van der Waals surface area contributed by atoms with Gasteiger partial charge in [-0.3, -0.25) is 14.5 Å². The largest absolute Gasteiger partial charge is 0.459 e. The minimum atomic E-state index is -0.571. The van der Waals surface area contributed by atoms with Gasteiger partial charge in [-0.15, -0.1) is 0 Å². The van der Waals surface area contributed by atoms with Crippen LogP contribution >= 0.6 is 0 Å². The van der Waals surface area contributed by atoms with Crippen LogP contribution in [0, 0.1) is 5.82 Å². The molecule has 0 bridgehead atoms. The first kappa shape index (κ1) is 13.2. The van der Waals surface area contributed by atoms with Crippen molar-refractivity contribution in [1.82, 2.24) is 14.9 Å². The SMILES string of the molecule is O=C(c1ccco1)N1CCN(c2ncc(F)cn2)C(=O)C1. The fourth-order valence-electron chi connectivity index (χ4n) is 2.06. The average molecular weight is 290 g/mol. The molecule has 1 fully saturated rings. The number of aromatic nitrogens is 2. The van der Waals surface area contributed by atoms with Crippen molar-refractivity contribution >= 4 is 17.8 Å². The van der Waals surface area contributed by atoms with E-state index < -0.39 is 5.82 Å². The van der Waals surface area contributed by atoms with Gasteiger partial charge in [0.25, 0.3) is 5.91 Å². The van der Waals surface area contributed by atoms with Crippen LogP contribution in [-0.2, 0) is 4.79 Å². The van der Waals surface area contributed by atoms with Crippen molar-refractivity contribution < 1.29 is 18.4 Å². The molecule has 1 aliphatic rings. The zero-order valence-electron chi connectivity index (χ0n) is 10.9. The molecule has 1 aliphatic heterocycles. The van der Waals surface area contributed by atoms with Crippen molar-refractivity contribution in [2.24, 2.45) is 0 Å². The molecule has 2 aromatic heterocycles. The third-order valence-corrected chi connectivity index (χ3v) is 3.09. The Labute approximate surface area is 119 Å². The van der Waals surface area contributed by atoms with Crippen molar-refractivity contribution in [3.05, 3.63) is 42.4 Å². The molecule has 2 aromatic rings. The minimum absolute atomic E-state index is 0.0970. The van der Waals surface area contributed by atoms with E-state index in [1.165, 1.54) is 16.1 Å². The second kappa shape index (κ2) is 5.31. The number of furan rings is 1. The molecule has 0 atom stereocenters. The van der Waals surface area contributed by atoms with Crippen LogP contribution in [0.4, 0.5) is 10.3 Å². The second-order valence-corrected chi connectivity index (χ2v) is 4.45. The third kappa shape index (κ3) is 2.60. The van der Waals surface area contributed by atoms with Crippen LogP contribution in [-0.4, -0.2) is 46.3 Å². The van der Waals surface area contributed by atoms with Gasteiger partial charge in [0.05, 0.1) is 18.7 Å². The molecule has 0 aliphatic carbocycles. The van der Waals surface area contributed by atoms with E-state index in [-0.39, 0.29) is 36.6 Å². The molecular weight excluding hydrogens is 279 g/mol. The molecule has 1 saturated heterocycles. The van der Waals surface area contributed by atoms with E-state index in [4.69, 9.17) is 4.42 Å². The maximum Gasteiger partial charge on any atom is 0.290 e.